The molecule has 4 rings (SSSR count). The number of aromatic nitrogens is 2. The van der Waals surface area contributed by atoms with Gasteiger partial charge in [0.1, 0.15) is 5.69 Å². The van der Waals surface area contributed by atoms with Crippen molar-refractivity contribution >= 4 is 11.8 Å². The maximum atomic E-state index is 12.6. The van der Waals surface area contributed by atoms with Crippen molar-refractivity contribution in [3.05, 3.63) is 24.3 Å². The Morgan fingerprint density at radius 2 is 2.10 bits per heavy atom. The average Bonchev–Trinajstić information content (AvgIpc) is 3.21. The zero-order valence-corrected chi connectivity index (χ0v) is 18.5. The Balaban J connectivity index is 1.43. The van der Waals surface area contributed by atoms with Crippen molar-refractivity contribution in [2.24, 2.45) is 28.6 Å². The van der Waals surface area contributed by atoms with Gasteiger partial charge < -0.3 is 15.4 Å². The van der Waals surface area contributed by atoms with Gasteiger partial charge in [-0.15, -0.1) is 0 Å². The van der Waals surface area contributed by atoms with Crippen LogP contribution in [0.3, 0.4) is 0 Å². The van der Waals surface area contributed by atoms with E-state index in [1.165, 1.54) is 18.8 Å². The SMILES string of the molecule is CC(C)C(=O)N[C@H]1C(C)(C)[C@@H]2C[C@@H]3[C@@H](CCNC(=O)c4cnccn4)OCCC31C2. The van der Waals surface area contributed by atoms with Crippen LogP contribution < -0.4 is 10.6 Å². The maximum Gasteiger partial charge on any atom is 0.271 e. The summed E-state index contributed by atoms with van der Waals surface area (Å²) < 4.78 is 6.20. The molecular formula is C23H34N4O3. The normalized spacial score (nSPS) is 33.9. The van der Waals surface area contributed by atoms with E-state index in [2.05, 4.69) is 34.4 Å². The lowest BCUT2D eigenvalue weighted by Crippen LogP contribution is -2.60. The Labute approximate surface area is 178 Å². The van der Waals surface area contributed by atoms with Crippen molar-refractivity contribution < 1.29 is 14.3 Å². The van der Waals surface area contributed by atoms with E-state index in [9.17, 15) is 9.59 Å². The molecule has 0 aromatic carbocycles. The van der Waals surface area contributed by atoms with Crippen LogP contribution in [0.5, 0.6) is 0 Å². The van der Waals surface area contributed by atoms with Crippen LogP contribution in [-0.4, -0.2) is 47.1 Å². The third kappa shape index (κ3) is 3.51. The van der Waals surface area contributed by atoms with Gasteiger partial charge in [-0.2, -0.15) is 0 Å². The summed E-state index contributed by atoms with van der Waals surface area (Å²) in [6.45, 7) is 9.81. The maximum absolute atomic E-state index is 12.6. The summed E-state index contributed by atoms with van der Waals surface area (Å²) in [5, 5.41) is 6.38. The smallest absolute Gasteiger partial charge is 0.271 e. The average molecular weight is 415 g/mol. The van der Waals surface area contributed by atoms with E-state index in [-0.39, 0.29) is 40.7 Å². The number of ether oxygens (including phenoxy) is 1. The second-order valence-electron chi connectivity index (χ2n) is 10.2. The molecule has 5 atom stereocenters. The van der Waals surface area contributed by atoms with Crippen LogP contribution >= 0.6 is 0 Å². The van der Waals surface area contributed by atoms with Crippen LogP contribution in [0.2, 0.25) is 0 Å². The van der Waals surface area contributed by atoms with Gasteiger partial charge >= 0.3 is 0 Å². The minimum absolute atomic E-state index is 0.0123. The van der Waals surface area contributed by atoms with Gasteiger partial charge in [-0.25, -0.2) is 4.98 Å². The summed E-state index contributed by atoms with van der Waals surface area (Å²) in [7, 11) is 0. The van der Waals surface area contributed by atoms with E-state index in [1.807, 2.05) is 13.8 Å². The Morgan fingerprint density at radius 1 is 1.30 bits per heavy atom. The van der Waals surface area contributed by atoms with Crippen molar-refractivity contribution in [2.45, 2.75) is 65.5 Å². The summed E-state index contributed by atoms with van der Waals surface area (Å²) >= 11 is 0. The van der Waals surface area contributed by atoms with E-state index in [0.29, 0.717) is 24.1 Å². The van der Waals surface area contributed by atoms with Crippen LogP contribution in [0, 0.1) is 28.6 Å². The molecule has 1 unspecified atom stereocenters. The highest BCUT2D eigenvalue weighted by Gasteiger charge is 2.68. The van der Waals surface area contributed by atoms with Gasteiger partial charge in [-0.1, -0.05) is 27.7 Å². The molecule has 1 saturated heterocycles. The molecule has 1 aromatic rings. The Morgan fingerprint density at radius 3 is 2.80 bits per heavy atom. The molecule has 3 aliphatic rings. The van der Waals surface area contributed by atoms with Crippen molar-refractivity contribution in [2.75, 3.05) is 13.2 Å². The number of rotatable bonds is 6. The Hall–Kier alpha value is -2.02. The number of nitrogens with one attached hydrogen (secondary N) is 2. The predicted octanol–water partition coefficient (Wildman–Crippen LogP) is 2.58. The third-order valence-electron chi connectivity index (χ3n) is 7.94. The first kappa shape index (κ1) is 21.2. The fraction of sp³-hybridized carbons (Fsp3) is 0.739. The molecule has 164 valence electrons. The lowest BCUT2D eigenvalue weighted by Gasteiger charge is -2.53. The molecule has 2 heterocycles. The molecular weight excluding hydrogens is 380 g/mol. The minimum Gasteiger partial charge on any atom is -0.378 e. The van der Waals surface area contributed by atoms with Crippen molar-refractivity contribution in [3.63, 3.8) is 0 Å². The zero-order valence-electron chi connectivity index (χ0n) is 18.5. The molecule has 2 N–H and O–H groups in total. The summed E-state index contributed by atoms with van der Waals surface area (Å²) in [5.41, 5.74) is 0.538. The standard InChI is InChI=1S/C23H34N4O3/c1-14(2)19(28)27-21-22(3,4)15-11-16-18(30-10-6-23(16,21)12-15)5-7-26-20(29)17-13-24-8-9-25-17/h8-9,13-16,18,21H,5-7,10-12H2,1-4H3,(H,26,29)(H,27,28)/t15-,16-,18-,21+,23?/m1/s1. The van der Waals surface area contributed by atoms with E-state index in [0.717, 1.165) is 25.9 Å². The predicted molar refractivity (Wildman–Crippen MR) is 113 cm³/mol. The van der Waals surface area contributed by atoms with Crippen molar-refractivity contribution in [3.8, 4) is 0 Å². The van der Waals surface area contributed by atoms with E-state index in [1.54, 1.807) is 6.20 Å². The molecule has 2 aliphatic carbocycles. The quantitative estimate of drug-likeness (QED) is 0.746. The van der Waals surface area contributed by atoms with E-state index < -0.39 is 0 Å². The van der Waals surface area contributed by atoms with Crippen LogP contribution in [0.1, 0.15) is 63.9 Å². The molecule has 7 heteroatoms. The summed E-state index contributed by atoms with van der Waals surface area (Å²) in [6.07, 6.45) is 8.74. The van der Waals surface area contributed by atoms with Crippen LogP contribution in [0.4, 0.5) is 0 Å². The number of amides is 2. The number of hydrogen-bond donors (Lipinski definition) is 2. The molecule has 7 nitrogen and oxygen atoms in total. The fourth-order valence-electron chi connectivity index (χ4n) is 6.34. The van der Waals surface area contributed by atoms with Gasteiger partial charge in [-0.05, 0) is 48.3 Å². The highest BCUT2D eigenvalue weighted by Crippen LogP contribution is 2.68. The number of fused-ring (bicyclic) bond motifs is 1. The molecule has 3 fully saturated rings. The number of carbonyl (C=O) groups excluding carboxylic acids is 2. The molecule has 30 heavy (non-hydrogen) atoms. The van der Waals surface area contributed by atoms with Crippen LogP contribution in [0.25, 0.3) is 0 Å². The number of nitrogens with zero attached hydrogens (tertiary/aromatic N) is 2. The van der Waals surface area contributed by atoms with Gasteiger partial charge in [0.05, 0.1) is 12.3 Å². The molecule has 2 bridgehead atoms. The second kappa shape index (κ2) is 7.91. The Kier molecular flexibility index (Phi) is 5.60. The zero-order chi connectivity index (χ0) is 21.5. The molecule has 2 amide bonds. The molecule has 1 spiro atoms. The lowest BCUT2D eigenvalue weighted by atomic mass is 9.59. The first-order valence-electron chi connectivity index (χ1n) is 11.2. The summed E-state index contributed by atoms with van der Waals surface area (Å²) in [4.78, 5) is 32.9. The van der Waals surface area contributed by atoms with Gasteiger partial charge in [0.15, 0.2) is 0 Å². The second-order valence-corrected chi connectivity index (χ2v) is 10.2. The number of carbonyl (C=O) groups is 2. The highest BCUT2D eigenvalue weighted by atomic mass is 16.5. The fourth-order valence-corrected chi connectivity index (χ4v) is 6.34. The topological polar surface area (TPSA) is 93.2 Å². The monoisotopic (exact) mass is 414 g/mol. The summed E-state index contributed by atoms with van der Waals surface area (Å²) in [5.74, 6) is 0.952. The molecule has 0 radical (unpaired) electrons. The molecule has 2 saturated carbocycles. The molecule has 1 aromatic heterocycles. The van der Waals surface area contributed by atoms with Crippen LogP contribution in [0.15, 0.2) is 18.6 Å². The Bertz CT molecular complexity index is 797. The van der Waals surface area contributed by atoms with Crippen LogP contribution in [-0.2, 0) is 9.53 Å². The first-order chi connectivity index (χ1) is 14.3. The van der Waals surface area contributed by atoms with Gasteiger partial charge in [0, 0.05) is 37.5 Å². The minimum atomic E-state index is -0.204. The van der Waals surface area contributed by atoms with Crippen molar-refractivity contribution in [1.82, 2.24) is 20.6 Å². The lowest BCUT2D eigenvalue weighted by molar-refractivity contribution is -0.138. The third-order valence-corrected chi connectivity index (χ3v) is 7.94. The van der Waals surface area contributed by atoms with E-state index >= 15 is 0 Å². The van der Waals surface area contributed by atoms with Gasteiger partial charge in [0.2, 0.25) is 5.91 Å². The van der Waals surface area contributed by atoms with Gasteiger partial charge in [-0.3, -0.25) is 14.6 Å². The largest absolute Gasteiger partial charge is 0.378 e. The highest BCUT2D eigenvalue weighted by molar-refractivity contribution is 5.91. The molecule has 1 aliphatic heterocycles. The summed E-state index contributed by atoms with van der Waals surface area (Å²) in [6, 6.07) is 0.184. The van der Waals surface area contributed by atoms with Gasteiger partial charge in [0.25, 0.3) is 5.91 Å². The van der Waals surface area contributed by atoms with Crippen molar-refractivity contribution in [1.29, 1.82) is 0 Å². The number of hydrogen-bond acceptors (Lipinski definition) is 5. The van der Waals surface area contributed by atoms with E-state index in [4.69, 9.17) is 4.74 Å². The first-order valence-corrected chi connectivity index (χ1v) is 11.2.